The molecule has 2 rings (SSSR count). The van der Waals surface area contributed by atoms with Crippen molar-refractivity contribution in [2.24, 2.45) is 0 Å². The number of hydrogen-bond acceptors (Lipinski definition) is 2. The lowest BCUT2D eigenvalue weighted by Gasteiger charge is -2.26. The molecule has 0 aliphatic rings. The summed E-state index contributed by atoms with van der Waals surface area (Å²) in [5, 5.41) is 9.31. The van der Waals surface area contributed by atoms with Crippen molar-refractivity contribution in [1.82, 2.24) is 4.90 Å². The van der Waals surface area contributed by atoms with E-state index >= 15 is 0 Å². The van der Waals surface area contributed by atoms with Gasteiger partial charge in [0.1, 0.15) is 11.6 Å². The van der Waals surface area contributed by atoms with E-state index in [0.29, 0.717) is 5.56 Å². The number of aryl methyl sites for hydroxylation is 1. The van der Waals surface area contributed by atoms with Crippen LogP contribution in [0.2, 0.25) is 0 Å². The summed E-state index contributed by atoms with van der Waals surface area (Å²) in [6.45, 7) is 3.67. The Hall–Kier alpha value is -2.36. The zero-order valence-electron chi connectivity index (χ0n) is 12.3. The minimum atomic E-state index is -0.422. The fourth-order valence-electron chi connectivity index (χ4n) is 2.17. The zero-order valence-corrected chi connectivity index (χ0v) is 12.3. The molecule has 1 N–H and O–H groups in total. The quantitative estimate of drug-likeness (QED) is 0.935. The summed E-state index contributed by atoms with van der Waals surface area (Å²) in [6.07, 6.45) is 0. The second kappa shape index (κ2) is 5.95. The molecule has 3 nitrogen and oxygen atoms in total. The predicted octanol–water partition coefficient (Wildman–Crippen LogP) is 3.67. The summed E-state index contributed by atoms with van der Waals surface area (Å²) in [7, 11) is 1.68. The molecule has 2 aromatic rings. The molecule has 0 radical (unpaired) electrons. The second-order valence-electron chi connectivity index (χ2n) is 5.14. The molecule has 0 saturated heterocycles. The second-order valence-corrected chi connectivity index (χ2v) is 5.14. The van der Waals surface area contributed by atoms with Crippen LogP contribution in [0.1, 0.15) is 34.5 Å². The summed E-state index contributed by atoms with van der Waals surface area (Å²) < 4.78 is 13.3. The molecule has 0 fully saturated rings. The van der Waals surface area contributed by atoms with Crippen LogP contribution in [-0.4, -0.2) is 23.0 Å². The van der Waals surface area contributed by atoms with Crippen LogP contribution in [0.25, 0.3) is 0 Å². The molecular weight excluding hydrogens is 269 g/mol. The van der Waals surface area contributed by atoms with Gasteiger partial charge in [-0.05, 0) is 49.2 Å². The van der Waals surface area contributed by atoms with Crippen molar-refractivity contribution in [2.45, 2.75) is 19.9 Å². The van der Waals surface area contributed by atoms with Gasteiger partial charge in [0, 0.05) is 12.6 Å². The third kappa shape index (κ3) is 3.21. The smallest absolute Gasteiger partial charge is 0.254 e. The minimum Gasteiger partial charge on any atom is -0.508 e. The molecule has 0 saturated carbocycles. The number of rotatable bonds is 3. The van der Waals surface area contributed by atoms with E-state index in [9.17, 15) is 14.3 Å². The van der Waals surface area contributed by atoms with Crippen molar-refractivity contribution < 1.29 is 14.3 Å². The number of aromatic hydroxyl groups is 1. The van der Waals surface area contributed by atoms with Crippen LogP contribution in [0, 0.1) is 12.7 Å². The number of amides is 1. The SMILES string of the molecule is Cc1ccc(F)cc1C(=O)N(C)C(C)c1ccc(O)cc1. The minimum absolute atomic E-state index is 0.180. The van der Waals surface area contributed by atoms with Gasteiger partial charge in [0.15, 0.2) is 0 Å². The van der Waals surface area contributed by atoms with Gasteiger partial charge < -0.3 is 10.0 Å². The van der Waals surface area contributed by atoms with E-state index < -0.39 is 5.82 Å². The number of carbonyl (C=O) groups is 1. The monoisotopic (exact) mass is 287 g/mol. The highest BCUT2D eigenvalue weighted by Crippen LogP contribution is 2.23. The average molecular weight is 287 g/mol. The Balaban J connectivity index is 2.26. The number of benzene rings is 2. The number of phenolic OH excluding ortho intramolecular Hbond substituents is 1. The molecule has 0 bridgehead atoms. The highest BCUT2D eigenvalue weighted by molar-refractivity contribution is 5.95. The Kier molecular flexibility index (Phi) is 4.26. The molecule has 4 heteroatoms. The number of phenols is 1. The Bertz CT molecular complexity index is 652. The van der Waals surface area contributed by atoms with E-state index in [0.717, 1.165) is 11.1 Å². The van der Waals surface area contributed by atoms with Crippen LogP contribution in [0.3, 0.4) is 0 Å². The van der Waals surface area contributed by atoms with Crippen LogP contribution < -0.4 is 0 Å². The standard InChI is InChI=1S/C17H18FNO2/c1-11-4-7-14(18)10-16(11)17(21)19(3)12(2)13-5-8-15(20)9-6-13/h4-10,12,20H,1-3H3. The summed E-state index contributed by atoms with van der Waals surface area (Å²) in [5.41, 5.74) is 2.01. The molecule has 1 atom stereocenters. The van der Waals surface area contributed by atoms with E-state index in [1.807, 2.05) is 6.92 Å². The van der Waals surface area contributed by atoms with Crippen LogP contribution in [0.4, 0.5) is 4.39 Å². The molecule has 0 aliphatic carbocycles. The number of nitrogens with zero attached hydrogens (tertiary/aromatic N) is 1. The Labute approximate surface area is 123 Å². The molecule has 1 amide bonds. The third-order valence-corrected chi connectivity index (χ3v) is 3.71. The molecule has 2 aromatic carbocycles. The summed E-state index contributed by atoms with van der Waals surface area (Å²) in [6, 6.07) is 10.7. The highest BCUT2D eigenvalue weighted by atomic mass is 19.1. The lowest BCUT2D eigenvalue weighted by Crippen LogP contribution is -2.30. The summed E-state index contributed by atoms with van der Waals surface area (Å²) >= 11 is 0. The van der Waals surface area contributed by atoms with E-state index in [-0.39, 0.29) is 17.7 Å². The van der Waals surface area contributed by atoms with E-state index in [1.165, 1.54) is 12.1 Å². The Morgan fingerprint density at radius 1 is 1.19 bits per heavy atom. The maximum absolute atomic E-state index is 13.3. The van der Waals surface area contributed by atoms with Crippen molar-refractivity contribution in [3.63, 3.8) is 0 Å². The first-order valence-corrected chi connectivity index (χ1v) is 6.72. The van der Waals surface area contributed by atoms with Crippen molar-refractivity contribution in [2.75, 3.05) is 7.05 Å². The molecule has 0 aromatic heterocycles. The fourth-order valence-corrected chi connectivity index (χ4v) is 2.17. The van der Waals surface area contributed by atoms with Gasteiger partial charge >= 0.3 is 0 Å². The lowest BCUT2D eigenvalue weighted by molar-refractivity contribution is 0.0741. The highest BCUT2D eigenvalue weighted by Gasteiger charge is 2.20. The number of carbonyl (C=O) groups excluding carboxylic acids is 1. The molecular formula is C17H18FNO2. The average Bonchev–Trinajstić information content (AvgIpc) is 2.48. The zero-order chi connectivity index (χ0) is 15.6. The molecule has 0 spiro atoms. The molecule has 21 heavy (non-hydrogen) atoms. The first-order valence-electron chi connectivity index (χ1n) is 6.72. The third-order valence-electron chi connectivity index (χ3n) is 3.71. The van der Waals surface area contributed by atoms with Crippen molar-refractivity contribution in [1.29, 1.82) is 0 Å². The largest absolute Gasteiger partial charge is 0.508 e. The van der Waals surface area contributed by atoms with Crippen molar-refractivity contribution in [3.8, 4) is 5.75 Å². The lowest BCUT2D eigenvalue weighted by atomic mass is 10.0. The fraction of sp³-hybridized carbons (Fsp3) is 0.235. The van der Waals surface area contributed by atoms with Gasteiger partial charge in [-0.15, -0.1) is 0 Å². The van der Waals surface area contributed by atoms with Gasteiger partial charge in [0.05, 0.1) is 6.04 Å². The van der Waals surface area contributed by atoms with Crippen LogP contribution >= 0.6 is 0 Å². The van der Waals surface area contributed by atoms with Gasteiger partial charge in [0.2, 0.25) is 0 Å². The van der Waals surface area contributed by atoms with E-state index in [1.54, 1.807) is 49.2 Å². The maximum Gasteiger partial charge on any atom is 0.254 e. The molecule has 0 heterocycles. The topological polar surface area (TPSA) is 40.5 Å². The molecule has 1 unspecified atom stereocenters. The van der Waals surface area contributed by atoms with Gasteiger partial charge in [0.25, 0.3) is 5.91 Å². The first kappa shape index (κ1) is 15.0. The van der Waals surface area contributed by atoms with Gasteiger partial charge in [-0.25, -0.2) is 4.39 Å². The Morgan fingerprint density at radius 2 is 1.81 bits per heavy atom. The summed E-state index contributed by atoms with van der Waals surface area (Å²) in [5.74, 6) is -0.469. The van der Waals surface area contributed by atoms with Crippen LogP contribution in [0.15, 0.2) is 42.5 Å². The van der Waals surface area contributed by atoms with Gasteiger partial charge in [-0.2, -0.15) is 0 Å². The van der Waals surface area contributed by atoms with Crippen molar-refractivity contribution >= 4 is 5.91 Å². The number of halogens is 1. The summed E-state index contributed by atoms with van der Waals surface area (Å²) in [4.78, 5) is 14.1. The van der Waals surface area contributed by atoms with Gasteiger partial charge in [-0.1, -0.05) is 18.2 Å². The molecule has 0 aliphatic heterocycles. The maximum atomic E-state index is 13.3. The van der Waals surface area contributed by atoms with Crippen molar-refractivity contribution in [3.05, 3.63) is 65.0 Å². The van der Waals surface area contributed by atoms with E-state index in [4.69, 9.17) is 0 Å². The van der Waals surface area contributed by atoms with Gasteiger partial charge in [-0.3, -0.25) is 4.79 Å². The predicted molar refractivity (Wildman–Crippen MR) is 79.8 cm³/mol. The Morgan fingerprint density at radius 3 is 2.43 bits per heavy atom. The normalized spacial score (nSPS) is 12.0. The van der Waals surface area contributed by atoms with Crippen LogP contribution in [0.5, 0.6) is 5.75 Å². The van der Waals surface area contributed by atoms with E-state index in [2.05, 4.69) is 0 Å². The molecule has 110 valence electrons. The van der Waals surface area contributed by atoms with Crippen LogP contribution in [-0.2, 0) is 0 Å². The number of hydrogen-bond donors (Lipinski definition) is 1. The first-order chi connectivity index (χ1) is 9.90.